The summed E-state index contributed by atoms with van der Waals surface area (Å²) in [6, 6.07) is 0. The molecule has 0 aliphatic carbocycles. The zero-order valence-electron chi connectivity index (χ0n) is 14.1. The first-order valence-corrected chi connectivity index (χ1v) is 8.85. The Kier molecular flexibility index (Phi) is 11.0. The minimum absolute atomic E-state index is 0.504. The maximum Gasteiger partial charge on any atom is 0.438 e. The lowest BCUT2D eigenvalue weighted by Gasteiger charge is -2.32. The minimum Gasteiger partial charge on any atom is -0.327 e. The first-order valence-electron chi connectivity index (χ1n) is 7.41. The molecular weight excluding hydrogens is 440 g/mol. The van der Waals surface area contributed by atoms with E-state index in [9.17, 15) is 52.3 Å². The van der Waals surface area contributed by atoms with Crippen molar-refractivity contribution in [1.82, 2.24) is 0 Å². The van der Waals surface area contributed by atoms with Gasteiger partial charge in [0.05, 0.1) is 0 Å². The van der Waals surface area contributed by atoms with Gasteiger partial charge in [-0.15, -0.1) is 6.58 Å². The maximum absolute atomic E-state index is 13.2. The number of hydrogen-bond donors (Lipinski definition) is 2. The van der Waals surface area contributed by atoms with E-state index in [0.29, 0.717) is 6.54 Å². The highest BCUT2D eigenvalue weighted by Gasteiger charge is 2.79. The molecule has 0 saturated heterocycles. The van der Waals surface area contributed by atoms with Crippen LogP contribution in [-0.4, -0.2) is 49.0 Å². The van der Waals surface area contributed by atoms with Crippen LogP contribution in [0.1, 0.15) is 32.1 Å². The van der Waals surface area contributed by atoms with Gasteiger partial charge in [0.1, 0.15) is 0 Å². The Morgan fingerprint density at radius 3 is 1.71 bits per heavy atom. The summed E-state index contributed by atoms with van der Waals surface area (Å²) in [6.45, 7) is 3.94. The van der Waals surface area contributed by atoms with Gasteiger partial charge in [0.2, 0.25) is 0 Å². The number of alkyl halides is 10. The topological polar surface area (TPSA) is 80.4 Å². The molecule has 0 bridgehead atoms. The molecule has 0 aromatic heterocycles. The van der Waals surface area contributed by atoms with Gasteiger partial charge in [0, 0.05) is 13.0 Å². The third kappa shape index (κ3) is 8.11. The lowest BCUT2D eigenvalue weighted by molar-refractivity contribution is -0.300. The van der Waals surface area contributed by atoms with Crippen LogP contribution in [0, 0.1) is 0 Å². The van der Waals surface area contributed by atoms with Crippen molar-refractivity contribution in [2.45, 2.75) is 61.6 Å². The summed E-state index contributed by atoms with van der Waals surface area (Å²) in [5.41, 5.74) is 4.91. The van der Waals surface area contributed by atoms with Crippen LogP contribution in [0.15, 0.2) is 12.7 Å². The lowest BCUT2D eigenvalue weighted by Crippen LogP contribution is -2.61. The third-order valence-corrected chi connectivity index (χ3v) is 3.99. The molecule has 15 heteroatoms. The number of halogens is 10. The van der Waals surface area contributed by atoms with Gasteiger partial charge in [-0.3, -0.25) is 4.55 Å². The van der Waals surface area contributed by atoms with Crippen LogP contribution in [0.5, 0.6) is 0 Å². The Morgan fingerprint density at radius 2 is 1.39 bits per heavy atom. The normalized spacial score (nSPS) is 14.9. The lowest BCUT2D eigenvalue weighted by atomic mass is 10.0. The van der Waals surface area contributed by atoms with Crippen LogP contribution in [0.25, 0.3) is 0 Å². The molecular formula is C13H19F10NO3S. The molecule has 4 nitrogen and oxygen atoms in total. The van der Waals surface area contributed by atoms with Crippen LogP contribution < -0.4 is 5.73 Å². The van der Waals surface area contributed by atoms with Crippen LogP contribution >= 0.6 is 0 Å². The van der Waals surface area contributed by atoms with Gasteiger partial charge < -0.3 is 5.73 Å². The summed E-state index contributed by atoms with van der Waals surface area (Å²) in [4.78, 5) is 0. The fourth-order valence-electron chi connectivity index (χ4n) is 1.56. The average Bonchev–Trinajstić information content (AvgIpc) is 2.51. The molecule has 0 amide bonds. The number of nitrogens with two attached hydrogens (primary N) is 1. The Hall–Kier alpha value is -1.09. The van der Waals surface area contributed by atoms with E-state index in [4.69, 9.17) is 10.3 Å². The molecule has 1 unspecified atom stereocenters. The van der Waals surface area contributed by atoms with E-state index in [1.165, 1.54) is 0 Å². The second-order valence-corrected chi connectivity index (χ2v) is 6.86. The molecule has 0 fully saturated rings. The molecule has 28 heavy (non-hydrogen) atoms. The van der Waals surface area contributed by atoms with E-state index < -0.39 is 71.7 Å². The summed E-state index contributed by atoms with van der Waals surface area (Å²) < 4.78 is 155. The van der Waals surface area contributed by atoms with Gasteiger partial charge in [-0.1, -0.05) is 18.9 Å². The zero-order valence-corrected chi connectivity index (χ0v) is 14.9. The molecule has 0 aromatic rings. The summed E-state index contributed by atoms with van der Waals surface area (Å²) in [5.74, 6) is -13.0. The van der Waals surface area contributed by atoms with Crippen LogP contribution in [0.3, 0.4) is 0 Å². The third-order valence-electron chi connectivity index (χ3n) is 3.09. The van der Waals surface area contributed by atoms with Gasteiger partial charge in [-0.25, -0.2) is 4.39 Å². The molecule has 0 aliphatic rings. The predicted octanol–water partition coefficient (Wildman–Crippen LogP) is 4.72. The van der Waals surface area contributed by atoms with Crippen molar-refractivity contribution in [3.63, 3.8) is 0 Å². The Morgan fingerprint density at radius 1 is 0.964 bits per heavy atom. The van der Waals surface area contributed by atoms with Gasteiger partial charge in [-0.2, -0.15) is 47.9 Å². The molecule has 0 heterocycles. The smallest absolute Gasteiger partial charge is 0.327 e. The summed E-state index contributed by atoms with van der Waals surface area (Å²) in [6.07, 6.45) is -11.6. The molecule has 3 N–H and O–H groups in total. The first kappa shape index (κ1) is 29.1. The number of rotatable bonds is 10. The van der Waals surface area contributed by atoms with E-state index in [-0.39, 0.29) is 0 Å². The molecule has 170 valence electrons. The first-order chi connectivity index (χ1) is 12.3. The predicted molar refractivity (Wildman–Crippen MR) is 79.7 cm³/mol. The van der Waals surface area contributed by atoms with E-state index in [0.717, 1.165) is 0 Å². The molecule has 0 rings (SSSR count). The van der Waals surface area contributed by atoms with Gasteiger partial charge in [0.15, 0.2) is 6.17 Å². The van der Waals surface area contributed by atoms with Crippen LogP contribution in [0.2, 0.25) is 0 Å². The van der Waals surface area contributed by atoms with Gasteiger partial charge >= 0.3 is 33.4 Å². The monoisotopic (exact) mass is 459 g/mol. The minimum atomic E-state index is -6.98. The fourth-order valence-corrected chi connectivity index (χ4v) is 2.02. The molecule has 1 atom stereocenters. The molecule has 0 radical (unpaired) electrons. The summed E-state index contributed by atoms with van der Waals surface area (Å²) >= 11 is 0. The standard InChI is InChI=1S/C10H12F10O3S.C3H7N/c11-6(4-2-1-3-5-7(12,13)14)8(15,16)9(17,18)10(19,20)24(21,22)23;1-2-3-4/h6H,1-5H2,(H,21,22,23);2H,1,3-4H2. The molecule has 0 aliphatic heterocycles. The van der Waals surface area contributed by atoms with E-state index in [1.54, 1.807) is 6.08 Å². The van der Waals surface area contributed by atoms with Crippen molar-refractivity contribution in [2.75, 3.05) is 6.54 Å². The highest BCUT2D eigenvalue weighted by Crippen LogP contribution is 2.50. The second-order valence-electron chi connectivity index (χ2n) is 5.40. The van der Waals surface area contributed by atoms with Crippen molar-refractivity contribution < 1.29 is 56.9 Å². The van der Waals surface area contributed by atoms with Gasteiger partial charge in [-0.05, 0) is 12.8 Å². The maximum atomic E-state index is 13.2. The van der Waals surface area contributed by atoms with Crippen molar-refractivity contribution >= 4 is 10.1 Å². The second kappa shape index (κ2) is 10.6. The fraction of sp³-hybridized carbons (Fsp3) is 0.846. The quantitative estimate of drug-likeness (QED) is 0.215. The van der Waals surface area contributed by atoms with Crippen LogP contribution in [0.4, 0.5) is 43.9 Å². The van der Waals surface area contributed by atoms with Crippen molar-refractivity contribution in [2.24, 2.45) is 5.73 Å². The Bertz CT molecular complexity index is 578. The van der Waals surface area contributed by atoms with Gasteiger partial charge in [0.25, 0.3) is 0 Å². The molecule has 0 aromatic carbocycles. The van der Waals surface area contributed by atoms with E-state index >= 15 is 0 Å². The number of hydrogen-bond acceptors (Lipinski definition) is 3. The van der Waals surface area contributed by atoms with Crippen molar-refractivity contribution in [3.05, 3.63) is 12.7 Å². The molecule has 0 spiro atoms. The molecule has 0 saturated carbocycles. The highest BCUT2D eigenvalue weighted by atomic mass is 32.2. The zero-order chi connectivity index (χ0) is 23.0. The van der Waals surface area contributed by atoms with E-state index in [2.05, 4.69) is 6.58 Å². The summed E-state index contributed by atoms with van der Waals surface area (Å²) in [5, 5.41) is -6.66. The Labute approximate surface area is 154 Å². The Balaban J connectivity index is 0. The van der Waals surface area contributed by atoms with Crippen molar-refractivity contribution in [3.8, 4) is 0 Å². The summed E-state index contributed by atoms with van der Waals surface area (Å²) in [7, 11) is -6.98. The highest BCUT2D eigenvalue weighted by molar-refractivity contribution is 7.87. The van der Waals surface area contributed by atoms with Crippen molar-refractivity contribution in [1.29, 1.82) is 0 Å². The van der Waals surface area contributed by atoms with E-state index in [1.807, 2.05) is 0 Å². The van der Waals surface area contributed by atoms with Crippen LogP contribution in [-0.2, 0) is 10.1 Å². The number of unbranched alkanes of at least 4 members (excludes halogenated alkanes) is 2. The SMILES string of the molecule is C=CCN.O=S(=O)(O)C(F)(F)C(F)(F)C(F)(F)C(F)CCCCCC(F)(F)F. The largest absolute Gasteiger partial charge is 0.438 e. The average molecular weight is 459 g/mol.